The van der Waals surface area contributed by atoms with Gasteiger partial charge in [-0.25, -0.2) is 9.69 Å². The van der Waals surface area contributed by atoms with Crippen LogP contribution in [0.3, 0.4) is 0 Å². The van der Waals surface area contributed by atoms with Gasteiger partial charge in [-0.2, -0.15) is 0 Å². The number of methoxy groups -OCH3 is 1. The van der Waals surface area contributed by atoms with Gasteiger partial charge in [0.1, 0.15) is 5.57 Å². The second kappa shape index (κ2) is 15.3. The van der Waals surface area contributed by atoms with Crippen molar-refractivity contribution in [2.75, 3.05) is 37.1 Å². The minimum atomic E-state index is -0.901. The highest BCUT2D eigenvalue weighted by atomic mass is 127. The van der Waals surface area contributed by atoms with Crippen molar-refractivity contribution >= 4 is 87.0 Å². The fourth-order valence-corrected chi connectivity index (χ4v) is 5.25. The van der Waals surface area contributed by atoms with Crippen molar-refractivity contribution in [2.24, 2.45) is 0 Å². The number of hydrogen-bond donors (Lipinski definition) is 2. The third kappa shape index (κ3) is 8.18. The topological polar surface area (TPSA) is 132 Å². The van der Waals surface area contributed by atoms with Crippen LogP contribution in [0, 0.1) is 3.57 Å². The second-order valence-electron chi connectivity index (χ2n) is 9.37. The van der Waals surface area contributed by atoms with Gasteiger partial charge in [-0.05, 0) is 90.0 Å². The minimum Gasteiger partial charge on any atom is -0.493 e. The van der Waals surface area contributed by atoms with Gasteiger partial charge in [-0.3, -0.25) is 19.7 Å². The smallest absolute Gasteiger partial charge is 0.335 e. The summed E-state index contributed by atoms with van der Waals surface area (Å²) < 4.78 is 23.1. The zero-order valence-electron chi connectivity index (χ0n) is 24.4. The standard InChI is InChI=1S/C31H28Cl2IN3O8/c1-4-10-44-24-9-7-19(15-25(24)43-5-2)37-30(40)20(29(39)36-31(37)41)11-17-12-23(34)28(26(13-17)42-3)45-16-27(38)35-18-6-8-21(32)22(33)14-18/h6-9,11-15H,4-5,10,16H2,1-3H3,(H,35,38)(H,36,39,41)/b20-11+. The van der Waals surface area contributed by atoms with Crippen LogP contribution >= 0.6 is 45.8 Å². The largest absolute Gasteiger partial charge is 0.493 e. The van der Waals surface area contributed by atoms with Crippen LogP contribution in [0.1, 0.15) is 25.8 Å². The Morgan fingerprint density at radius 2 is 1.73 bits per heavy atom. The third-order valence-electron chi connectivity index (χ3n) is 6.16. The summed E-state index contributed by atoms with van der Waals surface area (Å²) in [4.78, 5) is 52.5. The maximum absolute atomic E-state index is 13.5. The number of carbonyl (C=O) groups excluding carboxylic acids is 4. The van der Waals surface area contributed by atoms with Crippen LogP contribution in [0.25, 0.3) is 6.08 Å². The van der Waals surface area contributed by atoms with Gasteiger partial charge < -0.3 is 24.3 Å². The molecule has 5 amide bonds. The Kier molecular flexibility index (Phi) is 11.5. The SMILES string of the molecule is CCCOc1ccc(N2C(=O)NC(=O)/C(=C\c3cc(I)c(OCC(=O)Nc4ccc(Cl)c(Cl)c4)c(OC)c3)C2=O)cc1OCC. The molecule has 2 N–H and O–H groups in total. The Morgan fingerprint density at radius 1 is 0.956 bits per heavy atom. The number of benzene rings is 3. The summed E-state index contributed by atoms with van der Waals surface area (Å²) in [5.74, 6) is -0.804. The summed E-state index contributed by atoms with van der Waals surface area (Å²) in [5.41, 5.74) is 0.763. The van der Waals surface area contributed by atoms with E-state index in [2.05, 4.69) is 10.6 Å². The van der Waals surface area contributed by atoms with E-state index in [1.54, 1.807) is 31.2 Å². The van der Waals surface area contributed by atoms with Crippen LogP contribution < -0.4 is 34.5 Å². The molecule has 0 aromatic heterocycles. The molecule has 3 aromatic rings. The van der Waals surface area contributed by atoms with Gasteiger partial charge in [-0.15, -0.1) is 0 Å². The van der Waals surface area contributed by atoms with Gasteiger partial charge in [0, 0.05) is 11.8 Å². The summed E-state index contributed by atoms with van der Waals surface area (Å²) in [6, 6.07) is 11.6. The number of urea groups is 1. The number of nitrogens with zero attached hydrogens (tertiary/aromatic N) is 1. The van der Waals surface area contributed by atoms with Gasteiger partial charge in [0.05, 0.1) is 39.6 Å². The average Bonchev–Trinajstić information content (AvgIpc) is 3.00. The molecule has 0 saturated carbocycles. The number of barbiturate groups is 1. The van der Waals surface area contributed by atoms with Gasteiger partial charge in [0.2, 0.25) is 0 Å². The number of rotatable bonds is 12. The maximum atomic E-state index is 13.5. The van der Waals surface area contributed by atoms with Crippen LogP contribution in [-0.2, 0) is 14.4 Å². The van der Waals surface area contributed by atoms with E-state index in [1.165, 1.54) is 37.5 Å². The maximum Gasteiger partial charge on any atom is 0.335 e. The minimum absolute atomic E-state index is 0.193. The number of anilines is 2. The van der Waals surface area contributed by atoms with Gasteiger partial charge in [0.15, 0.2) is 29.6 Å². The van der Waals surface area contributed by atoms with E-state index in [0.717, 1.165) is 11.3 Å². The summed E-state index contributed by atoms with van der Waals surface area (Å²) in [6.07, 6.45) is 2.12. The van der Waals surface area contributed by atoms with Gasteiger partial charge in [0.25, 0.3) is 17.7 Å². The van der Waals surface area contributed by atoms with E-state index in [-0.39, 0.29) is 29.4 Å². The highest BCUT2D eigenvalue weighted by Crippen LogP contribution is 2.36. The van der Waals surface area contributed by atoms with E-state index < -0.39 is 23.8 Å². The Morgan fingerprint density at radius 3 is 2.42 bits per heavy atom. The number of carbonyl (C=O) groups is 4. The lowest BCUT2D eigenvalue weighted by atomic mass is 10.1. The molecule has 236 valence electrons. The lowest BCUT2D eigenvalue weighted by Crippen LogP contribution is -2.54. The Bertz CT molecular complexity index is 1680. The van der Waals surface area contributed by atoms with Crippen molar-refractivity contribution in [1.82, 2.24) is 5.32 Å². The molecule has 0 atom stereocenters. The molecule has 0 spiro atoms. The van der Waals surface area contributed by atoms with Crippen molar-refractivity contribution in [3.8, 4) is 23.0 Å². The monoisotopic (exact) mass is 767 g/mol. The van der Waals surface area contributed by atoms with Crippen LogP contribution in [-0.4, -0.2) is 50.7 Å². The molecule has 1 aliphatic heterocycles. The first-order valence-electron chi connectivity index (χ1n) is 13.6. The highest BCUT2D eigenvalue weighted by molar-refractivity contribution is 14.1. The molecule has 1 heterocycles. The number of nitrogens with one attached hydrogen (secondary N) is 2. The fourth-order valence-electron chi connectivity index (χ4n) is 4.17. The van der Waals surface area contributed by atoms with Crippen molar-refractivity contribution < 1.29 is 38.1 Å². The van der Waals surface area contributed by atoms with Crippen molar-refractivity contribution in [3.63, 3.8) is 0 Å². The van der Waals surface area contributed by atoms with Crippen molar-refractivity contribution in [1.29, 1.82) is 0 Å². The third-order valence-corrected chi connectivity index (χ3v) is 7.70. The first kappa shape index (κ1) is 33.9. The Hall–Kier alpha value is -4.01. The lowest BCUT2D eigenvalue weighted by molar-refractivity contribution is -0.122. The number of amides is 5. The normalized spacial score (nSPS) is 13.9. The van der Waals surface area contributed by atoms with Gasteiger partial charge >= 0.3 is 6.03 Å². The predicted molar refractivity (Wildman–Crippen MR) is 179 cm³/mol. The highest BCUT2D eigenvalue weighted by Gasteiger charge is 2.37. The fraction of sp³-hybridized carbons (Fsp3) is 0.226. The van der Waals surface area contributed by atoms with Crippen LogP contribution in [0.5, 0.6) is 23.0 Å². The molecule has 0 bridgehead atoms. The molecule has 11 nitrogen and oxygen atoms in total. The molecule has 4 rings (SSSR count). The number of ether oxygens (including phenoxy) is 4. The Balaban J connectivity index is 1.56. The molecule has 0 aliphatic carbocycles. The summed E-state index contributed by atoms with van der Waals surface area (Å²) in [6.45, 7) is 4.21. The van der Waals surface area contributed by atoms with Crippen LogP contribution in [0.2, 0.25) is 10.0 Å². The van der Waals surface area contributed by atoms with E-state index >= 15 is 0 Å². The summed E-state index contributed by atoms with van der Waals surface area (Å²) in [5, 5.41) is 5.53. The molecule has 3 aromatic carbocycles. The van der Waals surface area contributed by atoms with Gasteiger partial charge in [-0.1, -0.05) is 30.1 Å². The zero-order valence-corrected chi connectivity index (χ0v) is 28.0. The first-order valence-corrected chi connectivity index (χ1v) is 15.5. The Labute approximate surface area is 282 Å². The van der Waals surface area contributed by atoms with Crippen LogP contribution in [0.4, 0.5) is 16.2 Å². The number of imide groups is 2. The van der Waals surface area contributed by atoms with E-state index in [1.807, 2.05) is 29.5 Å². The summed E-state index contributed by atoms with van der Waals surface area (Å²) in [7, 11) is 1.41. The van der Waals surface area contributed by atoms with Crippen LogP contribution in [0.15, 0.2) is 54.1 Å². The first-order chi connectivity index (χ1) is 21.6. The average molecular weight is 768 g/mol. The quantitative estimate of drug-likeness (QED) is 0.122. The number of halogens is 3. The van der Waals surface area contributed by atoms with E-state index in [0.29, 0.717) is 49.6 Å². The molecular weight excluding hydrogens is 740 g/mol. The molecule has 1 aliphatic rings. The second-order valence-corrected chi connectivity index (χ2v) is 11.3. The molecule has 0 unspecified atom stereocenters. The lowest BCUT2D eigenvalue weighted by Gasteiger charge is -2.27. The van der Waals surface area contributed by atoms with Crippen molar-refractivity contribution in [2.45, 2.75) is 20.3 Å². The molecule has 1 saturated heterocycles. The van der Waals surface area contributed by atoms with E-state index in [9.17, 15) is 19.2 Å². The molecule has 45 heavy (non-hydrogen) atoms. The number of hydrogen-bond acceptors (Lipinski definition) is 8. The molecule has 0 radical (unpaired) electrons. The van der Waals surface area contributed by atoms with Crippen molar-refractivity contribution in [3.05, 3.63) is 73.3 Å². The zero-order chi connectivity index (χ0) is 32.7. The van der Waals surface area contributed by atoms with E-state index in [4.69, 9.17) is 42.1 Å². The molecule has 1 fully saturated rings. The molecular formula is C31H28Cl2IN3O8. The molecule has 14 heteroatoms. The predicted octanol–water partition coefficient (Wildman–Crippen LogP) is 6.48. The summed E-state index contributed by atoms with van der Waals surface area (Å²) >= 11 is 13.9.